The fourth-order valence-corrected chi connectivity index (χ4v) is 4.44. The summed E-state index contributed by atoms with van der Waals surface area (Å²) in [6, 6.07) is 7.34. The molecule has 0 atom stereocenters. The summed E-state index contributed by atoms with van der Waals surface area (Å²) in [5, 5.41) is 15.0. The first-order valence-electron chi connectivity index (χ1n) is 8.69. The van der Waals surface area contributed by atoms with Gasteiger partial charge in [0, 0.05) is 4.88 Å². The quantitative estimate of drug-likeness (QED) is 0.626. The number of rotatable bonds is 7. The molecule has 2 heterocycles. The van der Waals surface area contributed by atoms with E-state index in [4.69, 9.17) is 9.47 Å². The summed E-state index contributed by atoms with van der Waals surface area (Å²) in [6.45, 7) is 0.787. The fourth-order valence-electron chi connectivity index (χ4n) is 3.13. The molecule has 27 heavy (non-hydrogen) atoms. The highest BCUT2D eigenvalue weighted by Crippen LogP contribution is 2.37. The number of aryl methyl sites for hydroxylation is 1. The normalized spacial score (nSPS) is 12.6. The maximum Gasteiger partial charge on any atom is 0.254 e. The van der Waals surface area contributed by atoms with Crippen LogP contribution in [0.1, 0.15) is 27.2 Å². The highest BCUT2D eigenvalue weighted by Gasteiger charge is 2.27. The third-order valence-corrected chi connectivity index (χ3v) is 5.68. The number of ether oxygens (including phenoxy) is 2. The van der Waals surface area contributed by atoms with Crippen molar-refractivity contribution in [2.24, 2.45) is 0 Å². The standard InChI is InChI=1S/C18H19N5O3S/c1-25-12-5-7-13(8-6-12)26-10-9-19-17(24)16-14-3-2-4-15(14)27-18(16)23-11-20-21-22-23/h5-8,11H,2-4,9-10H2,1H3,(H,19,24). The molecule has 140 valence electrons. The zero-order valence-corrected chi connectivity index (χ0v) is 15.7. The number of carbonyl (C=O) groups excluding carboxylic acids is 1. The Morgan fingerprint density at radius 1 is 1.26 bits per heavy atom. The van der Waals surface area contributed by atoms with Crippen LogP contribution in [-0.4, -0.2) is 46.4 Å². The molecular weight excluding hydrogens is 366 g/mol. The van der Waals surface area contributed by atoms with Crippen LogP contribution in [0.5, 0.6) is 11.5 Å². The first-order chi connectivity index (χ1) is 13.3. The molecule has 4 rings (SSSR count). The average Bonchev–Trinajstić information content (AvgIpc) is 3.41. The van der Waals surface area contributed by atoms with Gasteiger partial charge in [0.05, 0.1) is 19.2 Å². The van der Waals surface area contributed by atoms with E-state index in [-0.39, 0.29) is 5.91 Å². The minimum absolute atomic E-state index is 0.113. The number of methoxy groups -OCH3 is 1. The Labute approximate surface area is 160 Å². The van der Waals surface area contributed by atoms with Crippen LogP contribution in [0.25, 0.3) is 5.00 Å². The van der Waals surface area contributed by atoms with Gasteiger partial charge < -0.3 is 14.8 Å². The second-order valence-electron chi connectivity index (χ2n) is 6.07. The second-order valence-corrected chi connectivity index (χ2v) is 7.16. The summed E-state index contributed by atoms with van der Waals surface area (Å²) < 4.78 is 12.3. The molecule has 1 aliphatic carbocycles. The van der Waals surface area contributed by atoms with Crippen LogP contribution in [0, 0.1) is 0 Å². The van der Waals surface area contributed by atoms with Gasteiger partial charge in [0.15, 0.2) is 0 Å². The number of aromatic nitrogens is 4. The lowest BCUT2D eigenvalue weighted by Gasteiger charge is -2.10. The lowest BCUT2D eigenvalue weighted by Crippen LogP contribution is -2.29. The number of nitrogens with one attached hydrogen (secondary N) is 1. The number of hydrogen-bond donors (Lipinski definition) is 1. The van der Waals surface area contributed by atoms with Crippen LogP contribution in [0.2, 0.25) is 0 Å². The summed E-state index contributed by atoms with van der Waals surface area (Å²) in [5.41, 5.74) is 1.81. The molecule has 8 nitrogen and oxygen atoms in total. The molecule has 9 heteroatoms. The number of tetrazole rings is 1. The van der Waals surface area contributed by atoms with Gasteiger partial charge in [-0.3, -0.25) is 4.79 Å². The van der Waals surface area contributed by atoms with E-state index < -0.39 is 0 Å². The molecule has 1 amide bonds. The van der Waals surface area contributed by atoms with Gasteiger partial charge in [-0.05, 0) is 59.5 Å². The van der Waals surface area contributed by atoms with Crippen LogP contribution in [0.3, 0.4) is 0 Å². The van der Waals surface area contributed by atoms with Gasteiger partial charge in [-0.1, -0.05) is 0 Å². The lowest BCUT2D eigenvalue weighted by atomic mass is 10.1. The molecule has 0 aliphatic heterocycles. The monoisotopic (exact) mass is 385 g/mol. The molecule has 1 N–H and O–H groups in total. The molecule has 0 fully saturated rings. The lowest BCUT2D eigenvalue weighted by molar-refractivity contribution is 0.0946. The van der Waals surface area contributed by atoms with Crippen molar-refractivity contribution in [2.75, 3.05) is 20.3 Å². The number of nitrogens with zero attached hydrogens (tertiary/aromatic N) is 4. The zero-order valence-electron chi connectivity index (χ0n) is 14.8. The van der Waals surface area contributed by atoms with E-state index in [9.17, 15) is 4.79 Å². The number of thiophene rings is 1. The molecule has 0 saturated carbocycles. The summed E-state index contributed by atoms with van der Waals surface area (Å²) >= 11 is 1.59. The van der Waals surface area contributed by atoms with E-state index in [0.29, 0.717) is 18.7 Å². The SMILES string of the molecule is COc1ccc(OCCNC(=O)c2c(-n3cnnn3)sc3c2CCC3)cc1. The molecule has 0 unspecified atom stereocenters. The van der Waals surface area contributed by atoms with Gasteiger partial charge in [-0.15, -0.1) is 16.4 Å². The van der Waals surface area contributed by atoms with Crippen molar-refractivity contribution in [3.8, 4) is 16.5 Å². The topological polar surface area (TPSA) is 91.2 Å². The molecule has 1 aromatic carbocycles. The number of hydrogen-bond acceptors (Lipinski definition) is 7. The molecule has 3 aromatic rings. The molecular formula is C18H19N5O3S. The Bertz CT molecular complexity index is 921. The van der Waals surface area contributed by atoms with Crippen LogP contribution < -0.4 is 14.8 Å². The molecule has 0 saturated heterocycles. The van der Waals surface area contributed by atoms with Gasteiger partial charge in [0.1, 0.15) is 29.4 Å². The van der Waals surface area contributed by atoms with Crippen molar-refractivity contribution in [1.82, 2.24) is 25.5 Å². The number of amides is 1. The second kappa shape index (κ2) is 7.75. The number of fused-ring (bicyclic) bond motifs is 1. The summed E-state index contributed by atoms with van der Waals surface area (Å²) in [7, 11) is 1.62. The molecule has 0 bridgehead atoms. The van der Waals surface area contributed by atoms with Crippen LogP contribution >= 0.6 is 11.3 Å². The van der Waals surface area contributed by atoms with Crippen molar-refractivity contribution in [1.29, 1.82) is 0 Å². The van der Waals surface area contributed by atoms with E-state index >= 15 is 0 Å². The van der Waals surface area contributed by atoms with Crippen LogP contribution in [-0.2, 0) is 12.8 Å². The molecule has 1 aliphatic rings. The Morgan fingerprint density at radius 2 is 2.07 bits per heavy atom. The minimum atomic E-state index is -0.113. The highest BCUT2D eigenvalue weighted by atomic mass is 32.1. The zero-order chi connectivity index (χ0) is 18.6. The molecule has 0 spiro atoms. The van der Waals surface area contributed by atoms with Crippen molar-refractivity contribution in [3.63, 3.8) is 0 Å². The van der Waals surface area contributed by atoms with Gasteiger partial charge in [-0.25, -0.2) is 0 Å². The third-order valence-electron chi connectivity index (χ3n) is 4.40. The highest BCUT2D eigenvalue weighted by molar-refractivity contribution is 7.15. The number of benzene rings is 1. The Hall–Kier alpha value is -2.94. The minimum Gasteiger partial charge on any atom is -0.497 e. The van der Waals surface area contributed by atoms with E-state index in [1.54, 1.807) is 23.1 Å². The molecule has 2 aromatic heterocycles. The Morgan fingerprint density at radius 3 is 2.81 bits per heavy atom. The van der Waals surface area contributed by atoms with Crippen molar-refractivity contribution in [3.05, 3.63) is 46.6 Å². The van der Waals surface area contributed by atoms with E-state index in [2.05, 4.69) is 20.8 Å². The number of carbonyl (C=O) groups is 1. The van der Waals surface area contributed by atoms with E-state index in [0.717, 1.165) is 41.3 Å². The summed E-state index contributed by atoms with van der Waals surface area (Å²) in [6.07, 6.45) is 4.52. The van der Waals surface area contributed by atoms with Crippen molar-refractivity contribution in [2.45, 2.75) is 19.3 Å². The Kier molecular flexibility index (Phi) is 5.01. The fraction of sp³-hybridized carbons (Fsp3) is 0.333. The predicted molar refractivity (Wildman–Crippen MR) is 99.9 cm³/mol. The molecule has 0 radical (unpaired) electrons. The van der Waals surface area contributed by atoms with Gasteiger partial charge in [0.2, 0.25) is 0 Å². The average molecular weight is 385 g/mol. The van der Waals surface area contributed by atoms with Gasteiger partial charge in [0.25, 0.3) is 5.91 Å². The largest absolute Gasteiger partial charge is 0.497 e. The Balaban J connectivity index is 1.40. The van der Waals surface area contributed by atoms with Gasteiger partial charge >= 0.3 is 0 Å². The first-order valence-corrected chi connectivity index (χ1v) is 9.51. The van der Waals surface area contributed by atoms with Crippen LogP contribution in [0.4, 0.5) is 0 Å². The first kappa shape index (κ1) is 17.5. The maximum absolute atomic E-state index is 12.8. The van der Waals surface area contributed by atoms with Crippen molar-refractivity contribution >= 4 is 17.2 Å². The van der Waals surface area contributed by atoms with Crippen molar-refractivity contribution < 1.29 is 14.3 Å². The summed E-state index contributed by atoms with van der Waals surface area (Å²) in [5.74, 6) is 1.39. The summed E-state index contributed by atoms with van der Waals surface area (Å²) in [4.78, 5) is 14.1. The third kappa shape index (κ3) is 3.63. The smallest absolute Gasteiger partial charge is 0.254 e. The van der Waals surface area contributed by atoms with E-state index in [1.165, 1.54) is 11.2 Å². The predicted octanol–water partition coefficient (Wildman–Crippen LogP) is 2.03. The van der Waals surface area contributed by atoms with Crippen LogP contribution in [0.15, 0.2) is 30.6 Å². The maximum atomic E-state index is 12.8. The van der Waals surface area contributed by atoms with Gasteiger partial charge in [-0.2, -0.15) is 4.68 Å². The van der Waals surface area contributed by atoms with E-state index in [1.807, 2.05) is 24.3 Å².